The van der Waals surface area contributed by atoms with Crippen molar-refractivity contribution < 1.29 is 27.4 Å². The van der Waals surface area contributed by atoms with E-state index in [2.05, 4.69) is 9.99 Å². The van der Waals surface area contributed by atoms with Crippen LogP contribution in [-0.2, 0) is 24.8 Å². The monoisotopic (exact) mass is 413 g/mol. The van der Waals surface area contributed by atoms with E-state index in [0.717, 1.165) is 22.6 Å². The Balaban J connectivity index is 2.30. The minimum Gasteiger partial charge on any atom is -0.491 e. The van der Waals surface area contributed by atoms with Crippen molar-refractivity contribution in [3.8, 4) is 11.5 Å². The molecule has 1 aromatic carbocycles. The molecule has 1 aromatic rings. The summed E-state index contributed by atoms with van der Waals surface area (Å²) in [6.07, 6.45) is 3.90. The summed E-state index contributed by atoms with van der Waals surface area (Å²) < 4.78 is 33.9. The number of aryl methyl sites for hydroxylation is 2. The van der Waals surface area contributed by atoms with Crippen molar-refractivity contribution in [3.63, 3.8) is 0 Å². The lowest BCUT2D eigenvalue weighted by Gasteiger charge is -2.14. The van der Waals surface area contributed by atoms with Gasteiger partial charge in [-0.15, -0.1) is 0 Å². The van der Waals surface area contributed by atoms with Crippen molar-refractivity contribution in [1.29, 1.82) is 0 Å². The van der Waals surface area contributed by atoms with Crippen LogP contribution in [0, 0.1) is 13.8 Å². The van der Waals surface area contributed by atoms with Crippen LogP contribution in [0.3, 0.4) is 0 Å². The Kier molecular flexibility index (Phi) is 12.2. The van der Waals surface area contributed by atoms with Crippen LogP contribution < -0.4 is 9.47 Å². The van der Waals surface area contributed by atoms with Crippen molar-refractivity contribution >= 4 is 16.8 Å². The quantitative estimate of drug-likeness (QED) is 0.201. The Bertz CT molecular complexity index is 652. The molecule has 1 unspecified atom stereocenters. The van der Waals surface area contributed by atoms with Crippen molar-refractivity contribution in [3.05, 3.63) is 35.4 Å². The lowest BCUT2D eigenvalue weighted by Crippen LogP contribution is -2.15. The first kappa shape index (κ1) is 24.1. The second kappa shape index (κ2) is 14.1. The molecular formula is C20H31NO6S. The molecule has 0 aromatic heterocycles. The highest BCUT2D eigenvalue weighted by atomic mass is 32.2. The molecule has 0 spiro atoms. The Morgan fingerprint density at radius 2 is 1.86 bits per heavy atom. The summed E-state index contributed by atoms with van der Waals surface area (Å²) in [5.74, 6) is 1.89. The molecule has 1 atom stereocenters. The van der Waals surface area contributed by atoms with Gasteiger partial charge in [0.15, 0.2) is 11.1 Å². The van der Waals surface area contributed by atoms with Gasteiger partial charge in [0.25, 0.3) is 0 Å². The summed E-state index contributed by atoms with van der Waals surface area (Å²) in [5.41, 5.74) is 2.68. The fourth-order valence-electron chi connectivity index (χ4n) is 2.32. The third-order valence-corrected chi connectivity index (χ3v) is 4.44. The standard InChI is InChI=1S/C20H31NO6S/c1-6-7-8-25-19-13-16(2)20(17(3)14-19)26-9-10-27-28(22)12-11-24-15-18(4)21-23-5/h6-7,13-14H,8-12,15H2,1-5H3/b7-6+,21-18?. The van der Waals surface area contributed by atoms with Gasteiger partial charge in [0.2, 0.25) is 0 Å². The average molecular weight is 414 g/mol. The minimum absolute atomic E-state index is 0.231. The number of oxime groups is 1. The van der Waals surface area contributed by atoms with Gasteiger partial charge in [0, 0.05) is 0 Å². The Morgan fingerprint density at radius 3 is 2.50 bits per heavy atom. The van der Waals surface area contributed by atoms with Crippen LogP contribution in [0.15, 0.2) is 29.4 Å². The summed E-state index contributed by atoms with van der Waals surface area (Å²) in [7, 11) is 1.48. The van der Waals surface area contributed by atoms with Crippen LogP contribution in [0.4, 0.5) is 0 Å². The van der Waals surface area contributed by atoms with E-state index in [1.54, 1.807) is 6.92 Å². The number of rotatable bonds is 14. The second-order valence-electron chi connectivity index (χ2n) is 6.01. The molecule has 7 nitrogen and oxygen atoms in total. The molecule has 0 aliphatic carbocycles. The maximum Gasteiger partial charge on any atom is 0.157 e. The molecule has 0 heterocycles. The van der Waals surface area contributed by atoms with Crippen LogP contribution in [0.5, 0.6) is 11.5 Å². The van der Waals surface area contributed by atoms with E-state index in [4.69, 9.17) is 18.4 Å². The van der Waals surface area contributed by atoms with Crippen LogP contribution in [0.1, 0.15) is 25.0 Å². The number of nitrogens with zero attached hydrogens (tertiary/aromatic N) is 1. The molecule has 0 bridgehead atoms. The molecule has 8 heteroatoms. The largest absolute Gasteiger partial charge is 0.491 e. The number of ether oxygens (including phenoxy) is 3. The lowest BCUT2D eigenvalue weighted by molar-refractivity contribution is 0.173. The minimum atomic E-state index is -1.42. The van der Waals surface area contributed by atoms with Gasteiger partial charge < -0.3 is 19.0 Å². The third kappa shape index (κ3) is 9.87. The van der Waals surface area contributed by atoms with Gasteiger partial charge in [0.05, 0.1) is 31.3 Å². The fraction of sp³-hybridized carbons (Fsp3) is 0.550. The Morgan fingerprint density at radius 1 is 1.14 bits per heavy atom. The normalized spacial score (nSPS) is 13.0. The van der Waals surface area contributed by atoms with Crippen molar-refractivity contribution in [2.75, 3.05) is 45.9 Å². The number of hydrogen-bond acceptors (Lipinski definition) is 7. The van der Waals surface area contributed by atoms with Gasteiger partial charge in [-0.2, -0.15) is 0 Å². The topological polar surface area (TPSA) is 75.6 Å². The molecule has 0 N–H and O–H groups in total. The SMILES string of the molecule is C/C=C/COc1cc(C)c(OCCOS(=O)CCOCC(C)=NOC)c(C)c1. The summed E-state index contributed by atoms with van der Waals surface area (Å²) in [4.78, 5) is 4.63. The van der Waals surface area contributed by atoms with Gasteiger partial charge in [-0.25, -0.2) is 4.21 Å². The van der Waals surface area contributed by atoms with Gasteiger partial charge in [-0.1, -0.05) is 17.3 Å². The van der Waals surface area contributed by atoms with Gasteiger partial charge >= 0.3 is 0 Å². The summed E-state index contributed by atoms with van der Waals surface area (Å²) in [5, 5.41) is 3.73. The Hall–Kier alpha value is -1.90. The molecule has 1 rings (SSSR count). The summed E-state index contributed by atoms with van der Waals surface area (Å²) in [6.45, 7) is 9.42. The van der Waals surface area contributed by atoms with Crippen molar-refractivity contribution in [2.45, 2.75) is 27.7 Å². The number of allylic oxidation sites excluding steroid dienone is 1. The van der Waals surface area contributed by atoms with E-state index < -0.39 is 11.1 Å². The number of benzene rings is 1. The van der Waals surface area contributed by atoms with E-state index in [1.807, 2.05) is 45.1 Å². The van der Waals surface area contributed by atoms with Crippen molar-refractivity contribution in [2.24, 2.45) is 5.16 Å². The van der Waals surface area contributed by atoms with Gasteiger partial charge in [-0.3, -0.25) is 4.18 Å². The fourth-order valence-corrected chi connectivity index (χ4v) is 2.95. The van der Waals surface area contributed by atoms with Gasteiger partial charge in [0.1, 0.15) is 31.8 Å². The predicted octanol–water partition coefficient (Wildman–Crippen LogP) is 3.36. The molecule has 0 fully saturated rings. The second-order valence-corrected chi connectivity index (χ2v) is 7.26. The Labute approximate surface area is 170 Å². The zero-order valence-corrected chi connectivity index (χ0v) is 18.2. The van der Waals surface area contributed by atoms with Crippen molar-refractivity contribution in [1.82, 2.24) is 0 Å². The molecule has 28 heavy (non-hydrogen) atoms. The van der Waals surface area contributed by atoms with Crippen LogP contribution in [-0.4, -0.2) is 55.8 Å². The smallest absolute Gasteiger partial charge is 0.157 e. The van der Waals surface area contributed by atoms with E-state index in [1.165, 1.54) is 7.11 Å². The zero-order chi connectivity index (χ0) is 20.8. The molecule has 158 valence electrons. The van der Waals surface area contributed by atoms with Crippen LogP contribution in [0.25, 0.3) is 0 Å². The molecule has 0 radical (unpaired) electrons. The highest BCUT2D eigenvalue weighted by molar-refractivity contribution is 7.80. The molecular weight excluding hydrogens is 382 g/mol. The average Bonchev–Trinajstić information content (AvgIpc) is 2.64. The first-order chi connectivity index (χ1) is 13.5. The molecule has 0 amide bonds. The molecule has 0 saturated heterocycles. The molecule has 0 aliphatic rings. The first-order valence-corrected chi connectivity index (χ1v) is 10.4. The van der Waals surface area contributed by atoms with Crippen LogP contribution in [0.2, 0.25) is 0 Å². The highest BCUT2D eigenvalue weighted by Crippen LogP contribution is 2.28. The van der Waals surface area contributed by atoms with Crippen LogP contribution >= 0.6 is 0 Å². The molecule has 0 saturated carbocycles. The summed E-state index contributed by atoms with van der Waals surface area (Å²) >= 11 is -1.42. The maximum absolute atomic E-state index is 11.8. The van der Waals surface area contributed by atoms with E-state index >= 15 is 0 Å². The first-order valence-electron chi connectivity index (χ1n) is 9.12. The number of hydrogen-bond donors (Lipinski definition) is 0. The maximum atomic E-state index is 11.8. The predicted molar refractivity (Wildman–Crippen MR) is 112 cm³/mol. The summed E-state index contributed by atoms with van der Waals surface area (Å²) in [6, 6.07) is 3.88. The van der Waals surface area contributed by atoms with Gasteiger partial charge in [-0.05, 0) is 51.0 Å². The third-order valence-electron chi connectivity index (χ3n) is 3.51. The highest BCUT2D eigenvalue weighted by Gasteiger charge is 2.08. The zero-order valence-electron chi connectivity index (χ0n) is 17.4. The molecule has 0 aliphatic heterocycles. The lowest BCUT2D eigenvalue weighted by atomic mass is 10.1. The van der Waals surface area contributed by atoms with E-state index in [9.17, 15) is 4.21 Å². The van der Waals surface area contributed by atoms with E-state index in [0.29, 0.717) is 32.1 Å². The van der Waals surface area contributed by atoms with E-state index in [-0.39, 0.29) is 12.4 Å².